The summed E-state index contributed by atoms with van der Waals surface area (Å²) >= 11 is 0. The molecule has 0 radical (unpaired) electrons. The Morgan fingerprint density at radius 3 is 2.73 bits per heavy atom. The third kappa shape index (κ3) is 4.28. The van der Waals surface area contributed by atoms with Gasteiger partial charge in [0.25, 0.3) is 0 Å². The summed E-state index contributed by atoms with van der Waals surface area (Å²) in [5, 5.41) is 0. The van der Waals surface area contributed by atoms with Crippen molar-refractivity contribution in [2.75, 3.05) is 0 Å². The van der Waals surface area contributed by atoms with Gasteiger partial charge in [-0.15, -0.1) is 0 Å². The van der Waals surface area contributed by atoms with Crippen LogP contribution in [-0.2, 0) is 0 Å². The number of rotatable bonds is 4. The van der Waals surface area contributed by atoms with Crippen molar-refractivity contribution in [2.45, 2.75) is 6.92 Å². The van der Waals surface area contributed by atoms with Crippen molar-refractivity contribution >= 4 is 6.08 Å². The van der Waals surface area contributed by atoms with Crippen LogP contribution in [0.15, 0.2) is 67.3 Å². The molecule has 0 unspecified atom stereocenters. The number of hydrogen-bond acceptors (Lipinski definition) is 0. The van der Waals surface area contributed by atoms with E-state index in [0.717, 1.165) is 5.57 Å². The molecule has 1 rings (SSSR count). The quantitative estimate of drug-likeness (QED) is 0.629. The zero-order valence-corrected chi connectivity index (χ0v) is 9.11. The molecule has 1 aromatic carbocycles. The van der Waals surface area contributed by atoms with Gasteiger partial charge in [0.2, 0.25) is 0 Å². The van der Waals surface area contributed by atoms with Gasteiger partial charge < -0.3 is 0 Å². The lowest BCUT2D eigenvalue weighted by Gasteiger charge is -1.95. The zero-order valence-electron chi connectivity index (χ0n) is 9.11. The Morgan fingerprint density at radius 1 is 1.27 bits per heavy atom. The van der Waals surface area contributed by atoms with Gasteiger partial charge in [-0.25, -0.2) is 0 Å². The highest BCUT2D eigenvalue weighted by atomic mass is 13.9. The summed E-state index contributed by atoms with van der Waals surface area (Å²) in [5.41, 5.74) is 3.43. The average Bonchev–Trinajstić information content (AvgIpc) is 2.23. The molecule has 0 aliphatic heterocycles. The van der Waals surface area contributed by atoms with Crippen molar-refractivity contribution in [2.24, 2.45) is 0 Å². The minimum absolute atomic E-state index is 0.969. The van der Waals surface area contributed by atoms with Crippen LogP contribution in [0, 0.1) is 6.92 Å². The minimum Gasteiger partial charge on any atom is -0.0991 e. The lowest BCUT2D eigenvalue weighted by Crippen LogP contribution is -1.74. The second kappa shape index (κ2) is 5.82. The molecule has 0 aromatic heterocycles. The van der Waals surface area contributed by atoms with Gasteiger partial charge in [-0.2, -0.15) is 0 Å². The summed E-state index contributed by atoms with van der Waals surface area (Å²) in [4.78, 5) is 0. The largest absolute Gasteiger partial charge is 0.0991 e. The Morgan fingerprint density at radius 2 is 2.07 bits per heavy atom. The first-order valence-electron chi connectivity index (χ1n) is 4.95. The molecule has 0 nitrogen and oxygen atoms in total. The van der Waals surface area contributed by atoms with Crippen LogP contribution in [0.4, 0.5) is 0 Å². The first kappa shape index (κ1) is 11.3. The van der Waals surface area contributed by atoms with Crippen LogP contribution < -0.4 is 0 Å². The van der Waals surface area contributed by atoms with Gasteiger partial charge >= 0.3 is 0 Å². The van der Waals surface area contributed by atoms with Crippen molar-refractivity contribution in [3.05, 3.63) is 78.4 Å². The highest BCUT2D eigenvalue weighted by molar-refractivity contribution is 5.54. The van der Waals surface area contributed by atoms with E-state index in [1.54, 1.807) is 6.08 Å². The maximum absolute atomic E-state index is 3.91. The van der Waals surface area contributed by atoms with Crippen LogP contribution in [0.5, 0.6) is 0 Å². The highest BCUT2D eigenvalue weighted by Gasteiger charge is 1.87. The van der Waals surface area contributed by atoms with Crippen molar-refractivity contribution in [1.82, 2.24) is 0 Å². The molecule has 0 bridgehead atoms. The van der Waals surface area contributed by atoms with Gasteiger partial charge in [-0.1, -0.05) is 73.4 Å². The van der Waals surface area contributed by atoms with E-state index in [4.69, 9.17) is 0 Å². The second-order valence-electron chi connectivity index (χ2n) is 3.42. The molecule has 0 aliphatic carbocycles. The molecule has 15 heavy (non-hydrogen) atoms. The first-order valence-corrected chi connectivity index (χ1v) is 4.95. The maximum Gasteiger partial charge on any atom is -0.0254 e. The molecule has 0 saturated heterocycles. The van der Waals surface area contributed by atoms with E-state index in [1.165, 1.54) is 11.1 Å². The Kier molecular flexibility index (Phi) is 4.36. The van der Waals surface area contributed by atoms with E-state index >= 15 is 0 Å². The highest BCUT2D eigenvalue weighted by Crippen LogP contribution is 2.07. The molecule has 0 aliphatic rings. The van der Waals surface area contributed by atoms with Crippen molar-refractivity contribution in [1.29, 1.82) is 0 Å². The summed E-state index contributed by atoms with van der Waals surface area (Å²) in [6.45, 7) is 9.61. The smallest absolute Gasteiger partial charge is 0.0254 e. The summed E-state index contributed by atoms with van der Waals surface area (Å²) in [7, 11) is 0. The van der Waals surface area contributed by atoms with E-state index in [1.807, 2.05) is 18.2 Å². The molecular weight excluding hydrogens is 180 g/mol. The SMILES string of the molecule is C=CC=CC(=C)C=Cc1cccc(C)c1. The van der Waals surface area contributed by atoms with Crippen LogP contribution >= 0.6 is 0 Å². The van der Waals surface area contributed by atoms with Crippen LogP contribution in [-0.4, -0.2) is 0 Å². The van der Waals surface area contributed by atoms with Crippen molar-refractivity contribution < 1.29 is 0 Å². The fourth-order valence-corrected chi connectivity index (χ4v) is 1.22. The lowest BCUT2D eigenvalue weighted by molar-refractivity contribution is 1.46. The van der Waals surface area contributed by atoms with Gasteiger partial charge in [0.05, 0.1) is 0 Å². The van der Waals surface area contributed by atoms with Gasteiger partial charge in [-0.3, -0.25) is 0 Å². The third-order valence-corrected chi connectivity index (χ3v) is 1.98. The lowest BCUT2D eigenvalue weighted by atomic mass is 10.1. The molecule has 0 saturated carbocycles. The van der Waals surface area contributed by atoms with E-state index in [9.17, 15) is 0 Å². The Balaban J connectivity index is 2.69. The predicted molar refractivity (Wildman–Crippen MR) is 68.7 cm³/mol. The Labute approximate surface area is 92.0 Å². The molecule has 76 valence electrons. The Bertz CT molecular complexity index is 406. The molecule has 0 spiro atoms. The van der Waals surface area contributed by atoms with Gasteiger partial charge in [-0.05, 0) is 18.1 Å². The number of aryl methyl sites for hydroxylation is 1. The summed E-state index contributed by atoms with van der Waals surface area (Å²) in [6, 6.07) is 8.36. The molecule has 0 atom stereocenters. The molecule has 0 amide bonds. The van der Waals surface area contributed by atoms with Crippen molar-refractivity contribution in [3.63, 3.8) is 0 Å². The van der Waals surface area contributed by atoms with Crippen molar-refractivity contribution in [3.8, 4) is 0 Å². The van der Waals surface area contributed by atoms with E-state index < -0.39 is 0 Å². The summed E-state index contributed by atoms with van der Waals surface area (Å²) in [5.74, 6) is 0. The van der Waals surface area contributed by atoms with Gasteiger partial charge in [0, 0.05) is 0 Å². The monoisotopic (exact) mass is 196 g/mol. The van der Waals surface area contributed by atoms with Crippen LogP contribution in [0.1, 0.15) is 11.1 Å². The van der Waals surface area contributed by atoms with Gasteiger partial charge in [0.1, 0.15) is 0 Å². The Hall–Kier alpha value is -1.82. The predicted octanol–water partition coefficient (Wildman–Crippen LogP) is 4.31. The fourth-order valence-electron chi connectivity index (χ4n) is 1.22. The maximum atomic E-state index is 3.91. The van der Waals surface area contributed by atoms with Crippen LogP contribution in [0.3, 0.4) is 0 Å². The molecular formula is C15H16. The summed E-state index contributed by atoms with van der Waals surface area (Å²) in [6.07, 6.45) is 9.60. The normalized spacial score (nSPS) is 11.0. The van der Waals surface area contributed by atoms with Crippen LogP contribution in [0.2, 0.25) is 0 Å². The third-order valence-electron chi connectivity index (χ3n) is 1.98. The number of allylic oxidation sites excluding steroid dienone is 5. The van der Waals surface area contributed by atoms with E-state index in [2.05, 4.69) is 50.4 Å². The first-order chi connectivity index (χ1) is 7.22. The van der Waals surface area contributed by atoms with E-state index in [-0.39, 0.29) is 0 Å². The number of benzene rings is 1. The van der Waals surface area contributed by atoms with Crippen LogP contribution in [0.25, 0.3) is 6.08 Å². The van der Waals surface area contributed by atoms with E-state index in [0.29, 0.717) is 0 Å². The summed E-state index contributed by atoms with van der Waals surface area (Å²) < 4.78 is 0. The second-order valence-corrected chi connectivity index (χ2v) is 3.42. The van der Waals surface area contributed by atoms with Gasteiger partial charge in [0.15, 0.2) is 0 Å². The standard InChI is InChI=1S/C15H16/c1-4-5-7-13(2)10-11-15-9-6-8-14(3)12-15/h4-12H,1-2H2,3H3. The number of hydrogen-bond donors (Lipinski definition) is 0. The molecule has 0 fully saturated rings. The molecule has 1 aromatic rings. The fraction of sp³-hybridized carbons (Fsp3) is 0.0667. The topological polar surface area (TPSA) is 0 Å². The molecule has 0 N–H and O–H groups in total. The molecule has 0 heterocycles. The molecule has 0 heteroatoms. The zero-order chi connectivity index (χ0) is 11.1. The minimum atomic E-state index is 0.969. The average molecular weight is 196 g/mol.